The zero-order valence-electron chi connectivity index (χ0n) is 18.1. The van der Waals surface area contributed by atoms with Crippen LogP contribution in [-0.4, -0.2) is 30.5 Å². The summed E-state index contributed by atoms with van der Waals surface area (Å²) in [6.45, 7) is 1.46. The maximum absolute atomic E-state index is 13.9. The average molecular weight is 429 g/mol. The van der Waals surface area contributed by atoms with Crippen LogP contribution in [-0.2, 0) is 16.0 Å². The van der Waals surface area contributed by atoms with Gasteiger partial charge in [0.15, 0.2) is 11.6 Å². The molecule has 1 unspecified atom stereocenters. The third-order valence-corrected chi connectivity index (χ3v) is 6.56. The Kier molecular flexibility index (Phi) is 7.06. The Morgan fingerprint density at radius 2 is 2.06 bits per heavy atom. The van der Waals surface area contributed by atoms with E-state index in [0.717, 1.165) is 50.6 Å². The fourth-order valence-corrected chi connectivity index (χ4v) is 4.10. The molecule has 1 atom stereocenters. The number of benzene rings is 1. The zero-order valence-corrected chi connectivity index (χ0v) is 18.1. The lowest BCUT2D eigenvalue weighted by Crippen LogP contribution is -2.40. The summed E-state index contributed by atoms with van der Waals surface area (Å²) in [5, 5.41) is 6.07. The van der Waals surface area contributed by atoms with Gasteiger partial charge in [0, 0.05) is 17.9 Å². The zero-order chi connectivity index (χ0) is 21.7. The number of carbonyl (C=O) groups is 2. The van der Waals surface area contributed by atoms with Gasteiger partial charge in [0.05, 0.1) is 6.61 Å². The molecule has 2 N–H and O–H groups in total. The molecule has 31 heavy (non-hydrogen) atoms. The van der Waals surface area contributed by atoms with E-state index in [-0.39, 0.29) is 29.1 Å². The molecule has 3 fully saturated rings. The summed E-state index contributed by atoms with van der Waals surface area (Å²) in [6.07, 6.45) is 13.8. The van der Waals surface area contributed by atoms with Crippen LogP contribution in [0.15, 0.2) is 30.4 Å². The number of hydrogen-bond donors (Lipinski definition) is 2. The van der Waals surface area contributed by atoms with E-state index < -0.39 is 0 Å². The van der Waals surface area contributed by atoms with E-state index in [1.165, 1.54) is 18.9 Å². The van der Waals surface area contributed by atoms with Crippen molar-refractivity contribution < 1.29 is 18.7 Å². The molecule has 0 aromatic heterocycles. The summed E-state index contributed by atoms with van der Waals surface area (Å²) < 4.78 is 19.6. The minimum Gasteiger partial charge on any atom is -0.490 e. The Balaban J connectivity index is 1.15. The molecule has 2 aliphatic carbocycles. The average Bonchev–Trinajstić information content (AvgIpc) is 3.66. The van der Waals surface area contributed by atoms with Crippen molar-refractivity contribution in [3.05, 3.63) is 41.7 Å². The number of hydrogen-bond acceptors (Lipinski definition) is 4. The number of unbranched alkanes of at least 4 members (excludes halogenated alkanes) is 1. The van der Waals surface area contributed by atoms with Gasteiger partial charge in [0.1, 0.15) is 0 Å². The molecular formula is C25H33FN2O3. The number of amides is 2. The molecule has 0 bridgehead atoms. The number of rotatable bonds is 12. The van der Waals surface area contributed by atoms with Crippen molar-refractivity contribution in [2.75, 3.05) is 13.2 Å². The number of piperidine rings is 1. The topological polar surface area (TPSA) is 67.4 Å². The summed E-state index contributed by atoms with van der Waals surface area (Å²) in [4.78, 5) is 23.0. The Labute approximate surface area is 183 Å². The fourth-order valence-electron chi connectivity index (χ4n) is 4.10. The van der Waals surface area contributed by atoms with Crippen LogP contribution in [0.3, 0.4) is 0 Å². The fraction of sp³-hybridized carbons (Fsp3) is 0.600. The number of imide groups is 1. The number of carbonyl (C=O) groups excluding carboxylic acids is 2. The van der Waals surface area contributed by atoms with Gasteiger partial charge in [-0.2, -0.15) is 0 Å². The van der Waals surface area contributed by atoms with E-state index in [1.54, 1.807) is 0 Å². The highest BCUT2D eigenvalue weighted by atomic mass is 19.1. The van der Waals surface area contributed by atoms with Crippen LogP contribution >= 0.6 is 0 Å². The van der Waals surface area contributed by atoms with Gasteiger partial charge in [0.25, 0.3) is 0 Å². The van der Waals surface area contributed by atoms with Crippen molar-refractivity contribution in [2.24, 2.45) is 11.8 Å². The van der Waals surface area contributed by atoms with E-state index >= 15 is 0 Å². The van der Waals surface area contributed by atoms with Crippen LogP contribution in [0.1, 0.15) is 63.4 Å². The monoisotopic (exact) mass is 428 g/mol. The predicted octanol–water partition coefficient (Wildman–Crippen LogP) is 4.06. The molecule has 6 heteroatoms. The maximum Gasteiger partial charge on any atom is 0.229 e. The van der Waals surface area contributed by atoms with Gasteiger partial charge < -0.3 is 10.1 Å². The van der Waals surface area contributed by atoms with Crippen LogP contribution in [0.4, 0.5) is 4.39 Å². The summed E-state index contributed by atoms with van der Waals surface area (Å²) in [6, 6.07) is 5.18. The van der Waals surface area contributed by atoms with Crippen molar-refractivity contribution in [2.45, 2.75) is 69.7 Å². The molecule has 1 aromatic rings. The van der Waals surface area contributed by atoms with Crippen LogP contribution in [0.2, 0.25) is 0 Å². The Morgan fingerprint density at radius 1 is 1.23 bits per heavy atom. The minimum absolute atomic E-state index is 0.0204. The molecule has 2 amide bonds. The normalized spacial score (nSPS) is 22.5. The summed E-state index contributed by atoms with van der Waals surface area (Å²) in [5.41, 5.74) is 1.18. The molecule has 1 saturated heterocycles. The van der Waals surface area contributed by atoms with E-state index in [9.17, 15) is 14.0 Å². The van der Waals surface area contributed by atoms with Crippen molar-refractivity contribution in [3.63, 3.8) is 0 Å². The first kappa shape index (κ1) is 22.0. The van der Waals surface area contributed by atoms with Crippen molar-refractivity contribution in [3.8, 4) is 5.75 Å². The molecule has 1 aromatic carbocycles. The molecule has 1 heterocycles. The third kappa shape index (κ3) is 6.63. The highest BCUT2D eigenvalue weighted by molar-refractivity contribution is 5.98. The first-order valence-electron chi connectivity index (χ1n) is 11.7. The van der Waals surface area contributed by atoms with E-state index in [4.69, 9.17) is 4.74 Å². The van der Waals surface area contributed by atoms with Crippen LogP contribution in [0.25, 0.3) is 0 Å². The van der Waals surface area contributed by atoms with Gasteiger partial charge in [-0.05, 0) is 87.9 Å². The second kappa shape index (κ2) is 9.94. The van der Waals surface area contributed by atoms with Crippen molar-refractivity contribution >= 4 is 11.8 Å². The van der Waals surface area contributed by atoms with Gasteiger partial charge in [-0.3, -0.25) is 14.9 Å². The highest BCUT2D eigenvalue weighted by Gasteiger charge is 2.39. The summed E-state index contributed by atoms with van der Waals surface area (Å²) in [5.74, 6) is 0.425. The molecule has 2 saturated carbocycles. The largest absolute Gasteiger partial charge is 0.490 e. The Bertz CT molecular complexity index is 830. The maximum atomic E-state index is 13.9. The predicted molar refractivity (Wildman–Crippen MR) is 117 cm³/mol. The quantitative estimate of drug-likeness (QED) is 0.299. The third-order valence-electron chi connectivity index (χ3n) is 6.56. The molecule has 1 aliphatic heterocycles. The lowest BCUT2D eigenvalue weighted by molar-refractivity contribution is -0.136. The molecule has 5 nitrogen and oxygen atoms in total. The smallest absolute Gasteiger partial charge is 0.229 e. The summed E-state index contributed by atoms with van der Waals surface area (Å²) in [7, 11) is 0. The highest BCUT2D eigenvalue weighted by Crippen LogP contribution is 2.37. The first-order chi connectivity index (χ1) is 15.0. The van der Waals surface area contributed by atoms with E-state index in [2.05, 4.69) is 22.8 Å². The van der Waals surface area contributed by atoms with Crippen molar-refractivity contribution in [1.29, 1.82) is 0 Å². The lowest BCUT2D eigenvalue weighted by atomic mass is 9.92. The van der Waals surface area contributed by atoms with Gasteiger partial charge in [0.2, 0.25) is 11.8 Å². The standard InChI is InChI=1S/C25H33FN2O3/c26-21-9-7-18(16-22(21)31-17-19-5-6-19)11-15-27-25(13-14-25)12-3-1-2-4-20-8-10-23(29)28-24(20)30/h3,7,9,12,16,19-20,27H,1-2,4-6,8,10-11,13-15,17H2,(H,28,29,30)/b12-3+. The molecule has 168 valence electrons. The van der Waals surface area contributed by atoms with Crippen LogP contribution < -0.4 is 15.4 Å². The Hall–Kier alpha value is -2.21. The van der Waals surface area contributed by atoms with Gasteiger partial charge in [-0.15, -0.1) is 0 Å². The van der Waals surface area contributed by atoms with Crippen molar-refractivity contribution in [1.82, 2.24) is 10.6 Å². The number of halogens is 1. The molecule has 4 rings (SSSR count). The number of nitrogens with one attached hydrogen (secondary N) is 2. The first-order valence-corrected chi connectivity index (χ1v) is 11.7. The van der Waals surface area contributed by atoms with E-state index in [1.807, 2.05) is 12.1 Å². The Morgan fingerprint density at radius 3 is 2.81 bits per heavy atom. The van der Waals surface area contributed by atoms with Gasteiger partial charge >= 0.3 is 0 Å². The lowest BCUT2D eigenvalue weighted by Gasteiger charge is -2.20. The second-order valence-corrected chi connectivity index (χ2v) is 9.33. The molecular weight excluding hydrogens is 395 g/mol. The van der Waals surface area contributed by atoms with Gasteiger partial charge in [-0.1, -0.05) is 18.2 Å². The number of ether oxygens (including phenoxy) is 1. The van der Waals surface area contributed by atoms with E-state index in [0.29, 0.717) is 31.1 Å². The molecule has 0 spiro atoms. The number of allylic oxidation sites excluding steroid dienone is 1. The summed E-state index contributed by atoms with van der Waals surface area (Å²) >= 11 is 0. The molecule has 3 aliphatic rings. The van der Waals surface area contributed by atoms with Crippen LogP contribution in [0, 0.1) is 17.7 Å². The minimum atomic E-state index is -0.281. The second-order valence-electron chi connectivity index (χ2n) is 9.33. The van der Waals surface area contributed by atoms with Crippen LogP contribution in [0.5, 0.6) is 5.75 Å². The SMILES string of the molecule is O=C1CCC(CCC/C=C/C2(NCCc3ccc(F)c(OCC4CC4)c3)CC2)C(=O)N1. The molecule has 0 radical (unpaired) electrons. The van der Waals surface area contributed by atoms with Gasteiger partial charge in [-0.25, -0.2) is 4.39 Å².